The lowest BCUT2D eigenvalue weighted by atomic mass is 10.2. The summed E-state index contributed by atoms with van der Waals surface area (Å²) in [5.41, 5.74) is 2.15. The zero-order chi connectivity index (χ0) is 22.3. The van der Waals surface area contributed by atoms with E-state index in [9.17, 15) is 4.79 Å². The maximum atomic E-state index is 12.2. The molecule has 1 aromatic heterocycles. The second-order valence-corrected chi connectivity index (χ2v) is 6.74. The number of ether oxygens (including phenoxy) is 3. The van der Waals surface area contributed by atoms with Gasteiger partial charge in [0.25, 0.3) is 11.8 Å². The van der Waals surface area contributed by atoms with Crippen LogP contribution in [-0.4, -0.2) is 36.9 Å². The van der Waals surface area contributed by atoms with Crippen LogP contribution >= 0.6 is 0 Å². The number of carbonyl (C=O) groups excluding carboxylic acids is 1. The van der Waals surface area contributed by atoms with E-state index in [0.717, 1.165) is 11.3 Å². The second-order valence-electron chi connectivity index (χ2n) is 6.74. The predicted molar refractivity (Wildman–Crippen MR) is 119 cm³/mol. The topological polar surface area (TPSA) is 95.7 Å². The first kappa shape index (κ1) is 20.9. The van der Waals surface area contributed by atoms with E-state index in [1.807, 2.05) is 30.3 Å². The van der Waals surface area contributed by atoms with Gasteiger partial charge in [-0.15, -0.1) is 0 Å². The Balaban J connectivity index is 1.39. The van der Waals surface area contributed by atoms with Crippen molar-refractivity contribution in [2.24, 2.45) is 0 Å². The predicted octanol–water partition coefficient (Wildman–Crippen LogP) is 4.44. The van der Waals surface area contributed by atoms with E-state index in [-0.39, 0.29) is 12.5 Å². The number of anilines is 1. The van der Waals surface area contributed by atoms with Crippen molar-refractivity contribution < 1.29 is 23.5 Å². The average Bonchev–Trinajstić information content (AvgIpc) is 3.34. The SMILES string of the molecule is COc1ccc(NC(=O)COc2cccc(-c3nc(-c4ccc(OC)cc4)no3)c2)cc1. The van der Waals surface area contributed by atoms with E-state index >= 15 is 0 Å². The molecule has 3 aromatic carbocycles. The molecule has 4 rings (SSSR count). The Hall–Kier alpha value is -4.33. The summed E-state index contributed by atoms with van der Waals surface area (Å²) in [5, 5.41) is 6.81. The van der Waals surface area contributed by atoms with Crippen LogP contribution in [0.15, 0.2) is 77.3 Å². The van der Waals surface area contributed by atoms with Gasteiger partial charge in [0.05, 0.1) is 14.2 Å². The van der Waals surface area contributed by atoms with E-state index < -0.39 is 0 Å². The van der Waals surface area contributed by atoms with Crippen molar-refractivity contribution in [1.82, 2.24) is 10.1 Å². The van der Waals surface area contributed by atoms with Crippen molar-refractivity contribution in [3.8, 4) is 40.1 Å². The van der Waals surface area contributed by atoms with Crippen molar-refractivity contribution in [3.63, 3.8) is 0 Å². The Kier molecular flexibility index (Phi) is 6.31. The molecule has 8 nitrogen and oxygen atoms in total. The number of nitrogens with one attached hydrogen (secondary N) is 1. The minimum Gasteiger partial charge on any atom is -0.497 e. The molecular formula is C24H21N3O5. The minimum absolute atomic E-state index is 0.142. The monoisotopic (exact) mass is 431 g/mol. The third kappa shape index (κ3) is 5.04. The Morgan fingerprint density at radius 3 is 2.25 bits per heavy atom. The number of amides is 1. The van der Waals surface area contributed by atoms with Gasteiger partial charge in [-0.1, -0.05) is 11.2 Å². The van der Waals surface area contributed by atoms with Gasteiger partial charge in [0.1, 0.15) is 17.2 Å². The van der Waals surface area contributed by atoms with Crippen LogP contribution in [0.1, 0.15) is 0 Å². The molecule has 4 aromatic rings. The van der Waals surface area contributed by atoms with E-state index in [1.165, 1.54) is 0 Å². The van der Waals surface area contributed by atoms with Crippen LogP contribution in [0, 0.1) is 0 Å². The summed E-state index contributed by atoms with van der Waals surface area (Å²) in [4.78, 5) is 16.6. The molecular weight excluding hydrogens is 410 g/mol. The molecule has 0 unspecified atom stereocenters. The van der Waals surface area contributed by atoms with Gasteiger partial charge < -0.3 is 24.1 Å². The molecule has 0 saturated heterocycles. The molecule has 0 atom stereocenters. The van der Waals surface area contributed by atoms with Gasteiger partial charge in [-0.3, -0.25) is 4.79 Å². The first-order chi connectivity index (χ1) is 15.6. The molecule has 0 saturated carbocycles. The van der Waals surface area contributed by atoms with E-state index in [0.29, 0.717) is 34.5 Å². The molecule has 0 aliphatic heterocycles. The largest absolute Gasteiger partial charge is 0.497 e. The third-order valence-corrected chi connectivity index (χ3v) is 4.60. The van der Waals surface area contributed by atoms with Crippen LogP contribution in [-0.2, 0) is 4.79 Å². The Labute approximate surface area is 184 Å². The van der Waals surface area contributed by atoms with Gasteiger partial charge in [-0.05, 0) is 66.7 Å². The fourth-order valence-electron chi connectivity index (χ4n) is 2.94. The standard InChI is InChI=1S/C24H21N3O5/c1-29-19-10-6-16(7-11-19)23-26-24(32-27-23)17-4-3-5-21(14-17)31-15-22(28)25-18-8-12-20(30-2)13-9-18/h3-14H,15H2,1-2H3,(H,25,28). The number of hydrogen-bond acceptors (Lipinski definition) is 7. The molecule has 8 heteroatoms. The lowest BCUT2D eigenvalue weighted by Gasteiger charge is -2.08. The number of benzene rings is 3. The third-order valence-electron chi connectivity index (χ3n) is 4.60. The number of nitrogens with zero attached hydrogens (tertiary/aromatic N) is 2. The summed E-state index contributed by atoms with van der Waals surface area (Å²) >= 11 is 0. The van der Waals surface area contributed by atoms with E-state index in [4.69, 9.17) is 18.7 Å². The normalized spacial score (nSPS) is 10.4. The maximum Gasteiger partial charge on any atom is 0.262 e. The highest BCUT2D eigenvalue weighted by Crippen LogP contribution is 2.26. The lowest BCUT2D eigenvalue weighted by molar-refractivity contribution is -0.118. The van der Waals surface area contributed by atoms with Crippen LogP contribution in [0.25, 0.3) is 22.8 Å². The number of methoxy groups -OCH3 is 2. The molecule has 0 radical (unpaired) electrons. The Bertz CT molecular complexity index is 1190. The molecule has 1 heterocycles. The zero-order valence-corrected chi connectivity index (χ0v) is 17.6. The molecule has 0 aliphatic carbocycles. The van der Waals surface area contributed by atoms with Crippen molar-refractivity contribution >= 4 is 11.6 Å². The fourth-order valence-corrected chi connectivity index (χ4v) is 2.94. The summed E-state index contributed by atoms with van der Waals surface area (Å²) in [6, 6.07) is 21.5. The molecule has 0 aliphatic rings. The molecule has 0 fully saturated rings. The second kappa shape index (κ2) is 9.65. The first-order valence-electron chi connectivity index (χ1n) is 9.80. The highest BCUT2D eigenvalue weighted by molar-refractivity contribution is 5.91. The number of carbonyl (C=O) groups is 1. The quantitative estimate of drug-likeness (QED) is 0.441. The van der Waals surface area contributed by atoms with Crippen molar-refractivity contribution in [1.29, 1.82) is 0 Å². The molecule has 0 spiro atoms. The molecule has 1 N–H and O–H groups in total. The zero-order valence-electron chi connectivity index (χ0n) is 17.6. The first-order valence-corrected chi connectivity index (χ1v) is 9.80. The number of aromatic nitrogens is 2. The number of rotatable bonds is 8. The van der Waals surface area contributed by atoms with Crippen molar-refractivity contribution in [3.05, 3.63) is 72.8 Å². The van der Waals surface area contributed by atoms with Crippen molar-refractivity contribution in [2.45, 2.75) is 0 Å². The Morgan fingerprint density at radius 1 is 0.875 bits per heavy atom. The highest BCUT2D eigenvalue weighted by atomic mass is 16.5. The molecule has 1 amide bonds. The Morgan fingerprint density at radius 2 is 1.56 bits per heavy atom. The van der Waals surface area contributed by atoms with E-state index in [1.54, 1.807) is 56.7 Å². The summed E-state index contributed by atoms with van der Waals surface area (Å²) in [7, 11) is 3.20. The summed E-state index contributed by atoms with van der Waals surface area (Å²) < 4.78 is 21.3. The highest BCUT2D eigenvalue weighted by Gasteiger charge is 2.12. The van der Waals surface area contributed by atoms with Gasteiger partial charge >= 0.3 is 0 Å². The summed E-state index contributed by atoms with van der Waals surface area (Å²) in [6.07, 6.45) is 0. The summed E-state index contributed by atoms with van der Waals surface area (Å²) in [5.74, 6) is 2.51. The smallest absolute Gasteiger partial charge is 0.262 e. The number of hydrogen-bond donors (Lipinski definition) is 1. The van der Waals surface area contributed by atoms with Gasteiger partial charge in [0.15, 0.2) is 6.61 Å². The van der Waals surface area contributed by atoms with Crippen LogP contribution < -0.4 is 19.5 Å². The van der Waals surface area contributed by atoms with Gasteiger partial charge in [0.2, 0.25) is 5.82 Å². The van der Waals surface area contributed by atoms with Crippen LogP contribution in [0.3, 0.4) is 0 Å². The fraction of sp³-hybridized carbons (Fsp3) is 0.125. The van der Waals surface area contributed by atoms with Crippen LogP contribution in [0.5, 0.6) is 17.2 Å². The summed E-state index contributed by atoms with van der Waals surface area (Å²) in [6.45, 7) is -0.142. The van der Waals surface area contributed by atoms with Gasteiger partial charge in [-0.2, -0.15) is 4.98 Å². The average molecular weight is 431 g/mol. The molecule has 32 heavy (non-hydrogen) atoms. The van der Waals surface area contributed by atoms with Gasteiger partial charge in [-0.25, -0.2) is 0 Å². The minimum atomic E-state index is -0.278. The van der Waals surface area contributed by atoms with Gasteiger partial charge in [0, 0.05) is 16.8 Å². The molecule has 162 valence electrons. The maximum absolute atomic E-state index is 12.2. The molecule has 0 bridgehead atoms. The van der Waals surface area contributed by atoms with Crippen LogP contribution in [0.2, 0.25) is 0 Å². The van der Waals surface area contributed by atoms with E-state index in [2.05, 4.69) is 15.5 Å². The lowest BCUT2D eigenvalue weighted by Crippen LogP contribution is -2.20. The van der Waals surface area contributed by atoms with Crippen molar-refractivity contribution in [2.75, 3.05) is 26.1 Å². The van der Waals surface area contributed by atoms with Crippen LogP contribution in [0.4, 0.5) is 5.69 Å².